The lowest BCUT2D eigenvalue weighted by Crippen LogP contribution is -1.99. The lowest BCUT2D eigenvalue weighted by Gasteiger charge is -2.13. The van der Waals surface area contributed by atoms with Crippen molar-refractivity contribution in [2.45, 2.75) is 39.7 Å². The molecule has 0 fully saturated rings. The Bertz CT molecular complexity index is 881. The van der Waals surface area contributed by atoms with E-state index in [0.29, 0.717) is 12.5 Å². The number of aromatic nitrogens is 2. The minimum atomic E-state index is 0.425. The highest BCUT2D eigenvalue weighted by atomic mass is 16.5. The Labute approximate surface area is 149 Å². The van der Waals surface area contributed by atoms with Crippen molar-refractivity contribution in [2.75, 3.05) is 7.11 Å². The van der Waals surface area contributed by atoms with Crippen LogP contribution in [0.3, 0.4) is 0 Å². The van der Waals surface area contributed by atoms with Crippen LogP contribution in [0.4, 0.5) is 0 Å². The van der Waals surface area contributed by atoms with Crippen LogP contribution in [-0.2, 0) is 20.1 Å². The summed E-state index contributed by atoms with van der Waals surface area (Å²) >= 11 is 0. The van der Waals surface area contributed by atoms with Crippen LogP contribution in [-0.4, -0.2) is 16.9 Å². The van der Waals surface area contributed by atoms with Gasteiger partial charge in [-0.2, -0.15) is 5.10 Å². The molecule has 0 N–H and O–H groups in total. The maximum absolute atomic E-state index is 6.07. The topological polar surface area (TPSA) is 36.3 Å². The molecule has 3 aromatic rings. The zero-order valence-corrected chi connectivity index (χ0v) is 15.7. The third-order valence-corrected chi connectivity index (χ3v) is 4.48. The van der Waals surface area contributed by atoms with E-state index in [-0.39, 0.29) is 0 Å². The van der Waals surface area contributed by atoms with E-state index in [0.717, 1.165) is 29.0 Å². The first kappa shape index (κ1) is 17.3. The minimum Gasteiger partial charge on any atom is -0.497 e. The highest BCUT2D eigenvalue weighted by Gasteiger charge is 2.09. The molecular formula is C21H26N2O2. The van der Waals surface area contributed by atoms with Crippen LogP contribution in [0.2, 0.25) is 0 Å². The van der Waals surface area contributed by atoms with Gasteiger partial charge in [0.05, 0.1) is 12.6 Å². The SMILES string of the molecule is CCc1cc(COc2cc(OC)cc(C(C)C)c2)cc2nn(C)cc12. The third-order valence-electron chi connectivity index (χ3n) is 4.48. The molecular weight excluding hydrogens is 312 g/mol. The van der Waals surface area contributed by atoms with Gasteiger partial charge in [0.25, 0.3) is 0 Å². The highest BCUT2D eigenvalue weighted by Crippen LogP contribution is 2.28. The molecule has 4 heteroatoms. The second-order valence-corrected chi connectivity index (χ2v) is 6.73. The fourth-order valence-electron chi connectivity index (χ4n) is 3.05. The first-order valence-electron chi connectivity index (χ1n) is 8.77. The molecule has 0 radical (unpaired) electrons. The van der Waals surface area contributed by atoms with Gasteiger partial charge in [0.15, 0.2) is 0 Å². The molecule has 0 bridgehead atoms. The molecule has 0 atom stereocenters. The Hall–Kier alpha value is -2.49. The van der Waals surface area contributed by atoms with Crippen LogP contribution in [0.1, 0.15) is 43.4 Å². The number of ether oxygens (including phenoxy) is 2. The highest BCUT2D eigenvalue weighted by molar-refractivity contribution is 5.82. The number of benzene rings is 2. The summed E-state index contributed by atoms with van der Waals surface area (Å²) in [5.41, 5.74) is 4.67. The van der Waals surface area contributed by atoms with E-state index < -0.39 is 0 Å². The van der Waals surface area contributed by atoms with Crippen molar-refractivity contribution in [2.24, 2.45) is 7.05 Å². The van der Waals surface area contributed by atoms with Crippen molar-refractivity contribution in [1.82, 2.24) is 9.78 Å². The Morgan fingerprint density at radius 3 is 2.52 bits per heavy atom. The second-order valence-electron chi connectivity index (χ2n) is 6.73. The number of hydrogen-bond acceptors (Lipinski definition) is 3. The maximum Gasteiger partial charge on any atom is 0.123 e. The van der Waals surface area contributed by atoms with E-state index in [2.05, 4.69) is 56.3 Å². The van der Waals surface area contributed by atoms with Crippen LogP contribution in [0, 0.1) is 0 Å². The Kier molecular flexibility index (Phi) is 4.98. The number of nitrogens with zero attached hydrogens (tertiary/aromatic N) is 2. The summed E-state index contributed by atoms with van der Waals surface area (Å²) in [5.74, 6) is 2.09. The summed E-state index contributed by atoms with van der Waals surface area (Å²) in [6.45, 7) is 7.02. The Morgan fingerprint density at radius 1 is 1.08 bits per heavy atom. The molecule has 132 valence electrons. The zero-order valence-electron chi connectivity index (χ0n) is 15.7. The van der Waals surface area contributed by atoms with Gasteiger partial charge >= 0.3 is 0 Å². The van der Waals surface area contributed by atoms with E-state index in [1.807, 2.05) is 17.8 Å². The van der Waals surface area contributed by atoms with Gasteiger partial charge in [-0.25, -0.2) is 0 Å². The van der Waals surface area contributed by atoms with Gasteiger partial charge in [0, 0.05) is 24.7 Å². The van der Waals surface area contributed by atoms with Crippen molar-refractivity contribution >= 4 is 10.9 Å². The molecule has 1 heterocycles. The van der Waals surface area contributed by atoms with Gasteiger partial charge in [0.1, 0.15) is 18.1 Å². The average molecular weight is 338 g/mol. The first-order valence-corrected chi connectivity index (χ1v) is 8.77. The molecule has 0 amide bonds. The monoisotopic (exact) mass is 338 g/mol. The molecule has 0 aliphatic carbocycles. The average Bonchev–Trinajstić information content (AvgIpc) is 2.98. The molecule has 1 aromatic heterocycles. The van der Waals surface area contributed by atoms with Gasteiger partial charge in [0.2, 0.25) is 0 Å². The summed E-state index contributed by atoms with van der Waals surface area (Å²) in [4.78, 5) is 0. The minimum absolute atomic E-state index is 0.425. The standard InChI is InChI=1S/C21H26N2O2/c1-6-16-7-15(8-21-20(16)12-23(4)22-21)13-25-19-10-17(14(2)3)9-18(11-19)24-5/h7-12,14H,6,13H2,1-5H3. The maximum atomic E-state index is 6.07. The second kappa shape index (κ2) is 7.18. The van der Waals surface area contributed by atoms with Gasteiger partial charge < -0.3 is 9.47 Å². The van der Waals surface area contributed by atoms with Crippen LogP contribution in [0.15, 0.2) is 36.5 Å². The number of methoxy groups -OCH3 is 1. The van der Waals surface area contributed by atoms with Crippen LogP contribution in [0.25, 0.3) is 10.9 Å². The van der Waals surface area contributed by atoms with Crippen LogP contribution >= 0.6 is 0 Å². The van der Waals surface area contributed by atoms with E-state index in [4.69, 9.17) is 9.47 Å². The molecule has 2 aromatic carbocycles. The zero-order chi connectivity index (χ0) is 18.0. The first-order chi connectivity index (χ1) is 12.0. The molecule has 0 unspecified atom stereocenters. The van der Waals surface area contributed by atoms with Crippen molar-refractivity contribution in [3.05, 3.63) is 53.2 Å². The molecule has 0 aliphatic rings. The summed E-state index contributed by atoms with van der Waals surface area (Å²) in [6, 6.07) is 10.4. The number of rotatable bonds is 6. The molecule has 3 rings (SSSR count). The summed E-state index contributed by atoms with van der Waals surface area (Å²) in [6.07, 6.45) is 3.06. The van der Waals surface area contributed by atoms with Gasteiger partial charge in [-0.3, -0.25) is 4.68 Å². The number of fused-ring (bicyclic) bond motifs is 1. The Balaban J connectivity index is 1.86. The summed E-state index contributed by atoms with van der Waals surface area (Å²) in [7, 11) is 3.64. The summed E-state index contributed by atoms with van der Waals surface area (Å²) in [5, 5.41) is 5.76. The molecule has 0 aliphatic heterocycles. The Morgan fingerprint density at radius 2 is 1.84 bits per heavy atom. The predicted molar refractivity (Wildman–Crippen MR) is 102 cm³/mol. The van der Waals surface area contributed by atoms with Crippen LogP contribution < -0.4 is 9.47 Å². The third kappa shape index (κ3) is 3.78. The molecule has 25 heavy (non-hydrogen) atoms. The van der Waals surface area contributed by atoms with E-state index >= 15 is 0 Å². The number of aryl methyl sites for hydroxylation is 2. The van der Waals surface area contributed by atoms with E-state index in [1.54, 1.807) is 7.11 Å². The summed E-state index contributed by atoms with van der Waals surface area (Å²) < 4.78 is 13.3. The van der Waals surface area contributed by atoms with E-state index in [1.165, 1.54) is 16.5 Å². The van der Waals surface area contributed by atoms with Gasteiger partial charge in [-0.1, -0.05) is 26.8 Å². The van der Waals surface area contributed by atoms with Crippen LogP contribution in [0.5, 0.6) is 11.5 Å². The quantitative estimate of drug-likeness (QED) is 0.645. The molecule has 0 saturated heterocycles. The lowest BCUT2D eigenvalue weighted by molar-refractivity contribution is 0.303. The van der Waals surface area contributed by atoms with Crippen molar-refractivity contribution < 1.29 is 9.47 Å². The lowest BCUT2D eigenvalue weighted by atomic mass is 10.0. The van der Waals surface area contributed by atoms with Crippen molar-refractivity contribution in [1.29, 1.82) is 0 Å². The fourth-order valence-corrected chi connectivity index (χ4v) is 3.05. The van der Waals surface area contributed by atoms with Crippen molar-refractivity contribution in [3.63, 3.8) is 0 Å². The number of hydrogen-bond donors (Lipinski definition) is 0. The van der Waals surface area contributed by atoms with Crippen molar-refractivity contribution in [3.8, 4) is 11.5 Å². The van der Waals surface area contributed by atoms with Gasteiger partial charge in [-0.05, 0) is 47.2 Å². The normalized spacial score (nSPS) is 11.3. The molecule has 0 saturated carbocycles. The van der Waals surface area contributed by atoms with E-state index in [9.17, 15) is 0 Å². The predicted octanol–water partition coefficient (Wildman–Crippen LogP) is 4.85. The smallest absolute Gasteiger partial charge is 0.123 e. The molecule has 0 spiro atoms. The fraction of sp³-hybridized carbons (Fsp3) is 0.381. The molecule has 4 nitrogen and oxygen atoms in total. The largest absolute Gasteiger partial charge is 0.497 e. The van der Waals surface area contributed by atoms with Gasteiger partial charge in [-0.15, -0.1) is 0 Å².